The van der Waals surface area contributed by atoms with E-state index in [1.807, 2.05) is 41.3 Å². The van der Waals surface area contributed by atoms with Gasteiger partial charge in [-0.25, -0.2) is 9.78 Å². The molecule has 0 saturated heterocycles. The van der Waals surface area contributed by atoms with Crippen LogP contribution in [0.25, 0.3) is 11.7 Å². The van der Waals surface area contributed by atoms with E-state index < -0.39 is 5.97 Å². The largest absolute Gasteiger partial charge is 0.463 e. The summed E-state index contributed by atoms with van der Waals surface area (Å²) in [6.45, 7) is 6.87. The number of rotatable bonds is 8. The summed E-state index contributed by atoms with van der Waals surface area (Å²) in [5, 5.41) is 0. The summed E-state index contributed by atoms with van der Waals surface area (Å²) >= 11 is 0. The Balaban J connectivity index is 2.14. The van der Waals surface area contributed by atoms with Crippen LogP contribution in [0.1, 0.15) is 18.1 Å². The second-order valence-electron chi connectivity index (χ2n) is 6.32. The van der Waals surface area contributed by atoms with Crippen LogP contribution < -0.4 is 10.5 Å². The highest BCUT2D eigenvalue weighted by atomic mass is 16.5. The third-order valence-corrected chi connectivity index (χ3v) is 4.29. The lowest BCUT2D eigenvalue weighted by Gasteiger charge is -2.24. The Morgan fingerprint density at radius 1 is 1.21 bits per heavy atom. The maximum absolute atomic E-state index is 13.1. The Labute approximate surface area is 169 Å². The van der Waals surface area contributed by atoms with Crippen LogP contribution in [-0.4, -0.2) is 28.5 Å². The smallest absolute Gasteiger partial charge is 0.330 e. The van der Waals surface area contributed by atoms with Crippen molar-refractivity contribution < 1.29 is 9.53 Å². The second kappa shape index (κ2) is 9.50. The van der Waals surface area contributed by atoms with Gasteiger partial charge in [0.05, 0.1) is 12.2 Å². The minimum Gasteiger partial charge on any atom is -0.463 e. The predicted octanol–water partition coefficient (Wildman–Crippen LogP) is 3.46. The number of pyridine rings is 1. The van der Waals surface area contributed by atoms with Crippen LogP contribution >= 0.6 is 0 Å². The Hall–Kier alpha value is -3.67. The number of esters is 1. The highest BCUT2D eigenvalue weighted by molar-refractivity contribution is 5.88. The molecule has 0 spiro atoms. The number of carbonyl (C=O) groups is 1. The van der Waals surface area contributed by atoms with Crippen LogP contribution in [-0.2, 0) is 16.1 Å². The molecule has 3 rings (SSSR count). The molecule has 2 heterocycles. The molecule has 29 heavy (non-hydrogen) atoms. The maximum atomic E-state index is 13.1. The van der Waals surface area contributed by atoms with Gasteiger partial charge in [-0.05, 0) is 30.7 Å². The molecule has 6 heteroatoms. The van der Waals surface area contributed by atoms with Crippen molar-refractivity contribution in [2.24, 2.45) is 0 Å². The fourth-order valence-corrected chi connectivity index (χ4v) is 3.01. The van der Waals surface area contributed by atoms with Crippen molar-refractivity contribution in [1.29, 1.82) is 0 Å². The summed E-state index contributed by atoms with van der Waals surface area (Å²) in [5.41, 5.74) is 1.67. The predicted molar refractivity (Wildman–Crippen MR) is 115 cm³/mol. The van der Waals surface area contributed by atoms with E-state index in [-0.39, 0.29) is 12.2 Å². The summed E-state index contributed by atoms with van der Waals surface area (Å²) in [7, 11) is 0. The monoisotopic (exact) mass is 389 g/mol. The van der Waals surface area contributed by atoms with Crippen LogP contribution in [0.15, 0.2) is 78.3 Å². The number of ether oxygens (including phenoxy) is 1. The van der Waals surface area contributed by atoms with Gasteiger partial charge in [0, 0.05) is 25.4 Å². The maximum Gasteiger partial charge on any atom is 0.330 e. The topological polar surface area (TPSA) is 63.9 Å². The van der Waals surface area contributed by atoms with Gasteiger partial charge in [0.15, 0.2) is 0 Å². The standard InChI is InChI=1S/C23H23N3O3/c1-3-15-25(17-18-10-6-5-7-11-18)22-19(13-14-21(27)29-4-2)23(28)26-16-9-8-12-20(26)24-22/h3,5-14,16H,1,4,15,17H2,2H3/b14-13+. The average Bonchev–Trinajstić information content (AvgIpc) is 2.74. The van der Waals surface area contributed by atoms with E-state index in [0.717, 1.165) is 5.56 Å². The van der Waals surface area contributed by atoms with Gasteiger partial charge in [-0.2, -0.15) is 0 Å². The summed E-state index contributed by atoms with van der Waals surface area (Å²) in [4.78, 5) is 31.6. The molecule has 1 aromatic carbocycles. The van der Waals surface area contributed by atoms with Gasteiger partial charge in [-0.15, -0.1) is 6.58 Å². The van der Waals surface area contributed by atoms with Crippen LogP contribution in [0.2, 0.25) is 0 Å². The van der Waals surface area contributed by atoms with Gasteiger partial charge in [-0.1, -0.05) is 42.5 Å². The highest BCUT2D eigenvalue weighted by Crippen LogP contribution is 2.20. The molecule has 0 N–H and O–H groups in total. The van der Waals surface area contributed by atoms with Crippen molar-refractivity contribution in [3.8, 4) is 0 Å². The van der Waals surface area contributed by atoms with Gasteiger partial charge < -0.3 is 9.64 Å². The Kier molecular flexibility index (Phi) is 6.58. The van der Waals surface area contributed by atoms with Crippen LogP contribution in [0.3, 0.4) is 0 Å². The first kappa shape index (κ1) is 20.1. The van der Waals surface area contributed by atoms with Crippen molar-refractivity contribution in [2.45, 2.75) is 13.5 Å². The molecular formula is C23H23N3O3. The molecule has 0 radical (unpaired) electrons. The van der Waals surface area contributed by atoms with E-state index in [0.29, 0.717) is 30.1 Å². The van der Waals surface area contributed by atoms with E-state index in [1.54, 1.807) is 31.3 Å². The molecule has 6 nitrogen and oxygen atoms in total. The number of fused-ring (bicyclic) bond motifs is 1. The zero-order valence-corrected chi connectivity index (χ0v) is 16.3. The molecule has 0 aliphatic carbocycles. The molecule has 0 unspecified atom stereocenters. The summed E-state index contributed by atoms with van der Waals surface area (Å²) in [5.74, 6) is -0.0140. The lowest BCUT2D eigenvalue weighted by Crippen LogP contribution is -2.29. The summed E-state index contributed by atoms with van der Waals surface area (Å²) in [6.07, 6.45) is 6.15. The zero-order valence-electron chi connectivity index (χ0n) is 16.3. The first-order valence-corrected chi connectivity index (χ1v) is 9.40. The number of aromatic nitrogens is 2. The van der Waals surface area contributed by atoms with Gasteiger partial charge in [0.1, 0.15) is 11.5 Å². The van der Waals surface area contributed by atoms with E-state index in [4.69, 9.17) is 9.72 Å². The van der Waals surface area contributed by atoms with Crippen molar-refractivity contribution >= 4 is 23.5 Å². The Morgan fingerprint density at radius 2 is 1.97 bits per heavy atom. The van der Waals surface area contributed by atoms with Gasteiger partial charge >= 0.3 is 5.97 Å². The summed E-state index contributed by atoms with van der Waals surface area (Å²) in [6, 6.07) is 15.3. The molecule has 2 aromatic heterocycles. The van der Waals surface area contributed by atoms with E-state index in [1.165, 1.54) is 16.6 Å². The minimum absolute atomic E-state index is 0.256. The van der Waals surface area contributed by atoms with E-state index in [2.05, 4.69) is 6.58 Å². The Morgan fingerprint density at radius 3 is 2.69 bits per heavy atom. The second-order valence-corrected chi connectivity index (χ2v) is 6.32. The van der Waals surface area contributed by atoms with Crippen molar-refractivity contribution in [3.05, 3.63) is 94.9 Å². The molecular weight excluding hydrogens is 366 g/mol. The van der Waals surface area contributed by atoms with Crippen molar-refractivity contribution in [1.82, 2.24) is 9.38 Å². The molecule has 0 amide bonds. The molecule has 3 aromatic rings. The van der Waals surface area contributed by atoms with Crippen molar-refractivity contribution in [3.63, 3.8) is 0 Å². The molecule has 0 saturated carbocycles. The number of hydrogen-bond acceptors (Lipinski definition) is 5. The SMILES string of the molecule is C=CCN(Cc1ccccc1)c1nc2ccccn2c(=O)c1/C=C/C(=O)OCC. The first-order chi connectivity index (χ1) is 14.1. The average molecular weight is 389 g/mol. The molecule has 0 aliphatic heterocycles. The van der Waals surface area contributed by atoms with Crippen LogP contribution in [0.4, 0.5) is 5.82 Å². The highest BCUT2D eigenvalue weighted by Gasteiger charge is 2.17. The van der Waals surface area contributed by atoms with Gasteiger partial charge in [-0.3, -0.25) is 9.20 Å². The van der Waals surface area contributed by atoms with E-state index >= 15 is 0 Å². The zero-order chi connectivity index (χ0) is 20.6. The minimum atomic E-state index is -0.505. The number of benzene rings is 1. The first-order valence-electron chi connectivity index (χ1n) is 9.40. The van der Waals surface area contributed by atoms with Crippen LogP contribution in [0, 0.1) is 0 Å². The lowest BCUT2D eigenvalue weighted by molar-refractivity contribution is -0.137. The fourth-order valence-electron chi connectivity index (χ4n) is 3.01. The van der Waals surface area contributed by atoms with Crippen molar-refractivity contribution in [2.75, 3.05) is 18.1 Å². The Bertz CT molecular complexity index is 1090. The van der Waals surface area contributed by atoms with Crippen LogP contribution in [0.5, 0.6) is 0 Å². The van der Waals surface area contributed by atoms with Gasteiger partial charge in [0.2, 0.25) is 0 Å². The molecule has 148 valence electrons. The molecule has 0 fully saturated rings. The number of nitrogens with zero attached hydrogens (tertiary/aromatic N) is 3. The lowest BCUT2D eigenvalue weighted by atomic mass is 10.2. The third kappa shape index (κ3) is 4.79. The quantitative estimate of drug-likeness (QED) is 0.335. The normalized spacial score (nSPS) is 10.9. The van der Waals surface area contributed by atoms with E-state index in [9.17, 15) is 9.59 Å². The number of hydrogen-bond donors (Lipinski definition) is 0. The number of anilines is 1. The summed E-state index contributed by atoms with van der Waals surface area (Å²) < 4.78 is 6.41. The third-order valence-electron chi connectivity index (χ3n) is 4.29. The van der Waals surface area contributed by atoms with Gasteiger partial charge in [0.25, 0.3) is 5.56 Å². The molecule has 0 atom stereocenters. The molecule has 0 aliphatic rings. The molecule has 0 bridgehead atoms. The fraction of sp³-hybridized carbons (Fsp3) is 0.174. The number of carbonyl (C=O) groups excluding carboxylic acids is 1.